The van der Waals surface area contributed by atoms with Crippen LogP contribution in [0.4, 0.5) is 0 Å². The Labute approximate surface area is 113 Å². The number of thiophene rings is 1. The van der Waals surface area contributed by atoms with Crippen molar-refractivity contribution in [3.8, 4) is 0 Å². The van der Waals surface area contributed by atoms with Crippen LogP contribution >= 0.6 is 11.3 Å². The second kappa shape index (κ2) is 6.14. The Morgan fingerprint density at radius 3 is 2.78 bits per heavy atom. The van der Waals surface area contributed by atoms with E-state index in [1.807, 2.05) is 13.1 Å². The highest BCUT2D eigenvalue weighted by molar-refractivity contribution is 7.91. The molecule has 0 atom stereocenters. The highest BCUT2D eigenvalue weighted by Crippen LogP contribution is 2.29. The number of rotatable bonds is 7. The van der Waals surface area contributed by atoms with Crippen molar-refractivity contribution in [1.82, 2.24) is 10.0 Å². The third-order valence-electron chi connectivity index (χ3n) is 3.32. The normalized spacial score (nSPS) is 16.7. The van der Waals surface area contributed by atoms with Gasteiger partial charge in [0.2, 0.25) is 10.0 Å². The molecule has 1 aromatic rings. The Hall–Kier alpha value is -0.430. The van der Waals surface area contributed by atoms with Gasteiger partial charge in [0.25, 0.3) is 0 Å². The molecule has 0 radical (unpaired) electrons. The van der Waals surface area contributed by atoms with E-state index in [1.165, 1.54) is 30.6 Å². The van der Waals surface area contributed by atoms with Gasteiger partial charge in [-0.3, -0.25) is 0 Å². The zero-order valence-corrected chi connectivity index (χ0v) is 12.2. The maximum Gasteiger partial charge on any atom is 0.250 e. The zero-order valence-electron chi connectivity index (χ0n) is 10.6. The molecule has 0 bridgehead atoms. The van der Waals surface area contributed by atoms with Crippen molar-refractivity contribution >= 4 is 21.4 Å². The molecule has 0 aromatic carbocycles. The molecule has 18 heavy (non-hydrogen) atoms. The number of sulfonamides is 1. The summed E-state index contributed by atoms with van der Waals surface area (Å²) in [5.74, 6) is 0.732. The molecule has 2 rings (SSSR count). The summed E-state index contributed by atoms with van der Waals surface area (Å²) in [7, 11) is -1.44. The minimum atomic E-state index is -3.30. The van der Waals surface area contributed by atoms with Crippen LogP contribution in [0.25, 0.3) is 0 Å². The first-order valence-corrected chi connectivity index (χ1v) is 8.65. The van der Waals surface area contributed by atoms with Gasteiger partial charge in [0.1, 0.15) is 4.21 Å². The molecular weight excluding hydrogens is 268 g/mol. The van der Waals surface area contributed by atoms with Crippen LogP contribution < -0.4 is 10.0 Å². The first kappa shape index (κ1) is 14.0. The molecule has 6 heteroatoms. The van der Waals surface area contributed by atoms with Crippen LogP contribution in [0.15, 0.2) is 16.3 Å². The summed E-state index contributed by atoms with van der Waals surface area (Å²) in [6.45, 7) is 1.27. The van der Waals surface area contributed by atoms with Gasteiger partial charge in [0.15, 0.2) is 0 Å². The van der Waals surface area contributed by atoms with E-state index in [0.29, 0.717) is 17.3 Å². The molecule has 1 aromatic heterocycles. The maximum absolute atomic E-state index is 12.0. The van der Waals surface area contributed by atoms with Gasteiger partial charge in [0.05, 0.1) is 0 Å². The molecule has 2 N–H and O–H groups in total. The lowest BCUT2D eigenvalue weighted by Gasteiger charge is -2.24. The fraction of sp³-hybridized carbons (Fsp3) is 0.667. The lowest BCUT2D eigenvalue weighted by molar-refractivity contribution is 0.297. The van der Waals surface area contributed by atoms with E-state index in [9.17, 15) is 8.42 Å². The minimum absolute atomic E-state index is 0.418. The molecule has 1 saturated carbocycles. The fourth-order valence-electron chi connectivity index (χ4n) is 2.02. The van der Waals surface area contributed by atoms with Crippen LogP contribution in [0.1, 0.15) is 30.6 Å². The minimum Gasteiger partial charge on any atom is -0.315 e. The van der Waals surface area contributed by atoms with Gasteiger partial charge in [0, 0.05) is 18.0 Å². The van der Waals surface area contributed by atoms with Gasteiger partial charge in [-0.1, -0.05) is 19.3 Å². The third kappa shape index (κ3) is 3.54. The van der Waals surface area contributed by atoms with Gasteiger partial charge in [-0.25, -0.2) is 13.1 Å². The fourth-order valence-corrected chi connectivity index (χ4v) is 4.48. The van der Waals surface area contributed by atoms with Gasteiger partial charge < -0.3 is 5.32 Å². The predicted molar refractivity (Wildman–Crippen MR) is 74.2 cm³/mol. The van der Waals surface area contributed by atoms with Gasteiger partial charge in [-0.15, -0.1) is 11.3 Å². The average Bonchev–Trinajstić information content (AvgIpc) is 2.72. The Bertz CT molecular complexity index is 478. The number of hydrogen-bond acceptors (Lipinski definition) is 4. The Kier molecular flexibility index (Phi) is 4.77. The molecule has 1 heterocycles. The first-order valence-electron chi connectivity index (χ1n) is 6.35. The summed E-state index contributed by atoms with van der Waals surface area (Å²) in [5, 5.41) is 3.02. The molecule has 0 amide bonds. The van der Waals surface area contributed by atoms with Crippen molar-refractivity contribution in [3.63, 3.8) is 0 Å². The summed E-state index contributed by atoms with van der Waals surface area (Å²) in [4.78, 5) is 1.04. The Balaban J connectivity index is 1.87. The molecular formula is C12H20N2O2S2. The summed E-state index contributed by atoms with van der Waals surface area (Å²) in [6, 6.07) is 3.55. The van der Waals surface area contributed by atoms with Crippen LogP contribution in [-0.2, 0) is 16.6 Å². The number of nitrogens with one attached hydrogen (secondary N) is 2. The maximum atomic E-state index is 12.0. The van der Waals surface area contributed by atoms with E-state index in [0.717, 1.165) is 17.2 Å². The summed E-state index contributed by atoms with van der Waals surface area (Å²) < 4.78 is 27.1. The number of hydrogen-bond donors (Lipinski definition) is 2. The molecule has 1 aliphatic rings. The molecule has 102 valence electrons. The lowest BCUT2D eigenvalue weighted by atomic mass is 9.83. The van der Waals surface area contributed by atoms with E-state index in [-0.39, 0.29) is 0 Å². The molecule has 1 aliphatic carbocycles. The van der Waals surface area contributed by atoms with Crippen LogP contribution in [0.5, 0.6) is 0 Å². The van der Waals surface area contributed by atoms with E-state index < -0.39 is 10.0 Å². The summed E-state index contributed by atoms with van der Waals surface area (Å²) >= 11 is 1.33. The standard InChI is InChI=1S/C12H20N2O2S2/c1-13-9-11-5-6-12(17-11)18(15,16)14-8-7-10-3-2-4-10/h5-6,10,13-14H,2-4,7-9H2,1H3. The Morgan fingerprint density at radius 2 is 2.17 bits per heavy atom. The van der Waals surface area contributed by atoms with Crippen molar-refractivity contribution in [2.45, 2.75) is 36.4 Å². The highest BCUT2D eigenvalue weighted by atomic mass is 32.2. The summed E-state index contributed by atoms with van der Waals surface area (Å²) in [6.07, 6.45) is 4.78. The Morgan fingerprint density at radius 1 is 1.39 bits per heavy atom. The SMILES string of the molecule is CNCc1ccc(S(=O)(=O)NCCC2CCC2)s1. The third-order valence-corrected chi connectivity index (χ3v) is 6.36. The van der Waals surface area contributed by atoms with Crippen molar-refractivity contribution in [2.75, 3.05) is 13.6 Å². The average molecular weight is 288 g/mol. The quantitative estimate of drug-likeness (QED) is 0.806. The van der Waals surface area contributed by atoms with Crippen molar-refractivity contribution in [2.24, 2.45) is 5.92 Å². The predicted octanol–water partition coefficient (Wildman–Crippen LogP) is 1.94. The smallest absolute Gasteiger partial charge is 0.250 e. The second-order valence-electron chi connectivity index (χ2n) is 4.73. The molecule has 0 aliphatic heterocycles. The topological polar surface area (TPSA) is 58.2 Å². The van der Waals surface area contributed by atoms with Crippen LogP contribution in [0.3, 0.4) is 0 Å². The summed E-state index contributed by atoms with van der Waals surface area (Å²) in [5.41, 5.74) is 0. The zero-order chi connectivity index (χ0) is 13.0. The van der Waals surface area contributed by atoms with E-state index in [4.69, 9.17) is 0 Å². The van der Waals surface area contributed by atoms with Crippen LogP contribution in [0.2, 0.25) is 0 Å². The first-order chi connectivity index (χ1) is 8.62. The molecule has 0 saturated heterocycles. The van der Waals surface area contributed by atoms with E-state index in [1.54, 1.807) is 6.07 Å². The molecule has 1 fully saturated rings. The lowest BCUT2D eigenvalue weighted by Crippen LogP contribution is -2.27. The van der Waals surface area contributed by atoms with Gasteiger partial charge in [-0.2, -0.15) is 0 Å². The second-order valence-corrected chi connectivity index (χ2v) is 7.90. The molecule has 0 unspecified atom stereocenters. The van der Waals surface area contributed by atoms with Crippen LogP contribution in [-0.4, -0.2) is 22.0 Å². The largest absolute Gasteiger partial charge is 0.315 e. The molecule has 0 spiro atoms. The monoisotopic (exact) mass is 288 g/mol. The molecule has 4 nitrogen and oxygen atoms in total. The van der Waals surface area contributed by atoms with Crippen molar-refractivity contribution in [1.29, 1.82) is 0 Å². The van der Waals surface area contributed by atoms with E-state index >= 15 is 0 Å². The van der Waals surface area contributed by atoms with Crippen molar-refractivity contribution < 1.29 is 8.42 Å². The highest BCUT2D eigenvalue weighted by Gasteiger charge is 2.20. The van der Waals surface area contributed by atoms with Gasteiger partial charge >= 0.3 is 0 Å². The van der Waals surface area contributed by atoms with Crippen LogP contribution in [0, 0.1) is 5.92 Å². The van der Waals surface area contributed by atoms with Crippen molar-refractivity contribution in [3.05, 3.63) is 17.0 Å². The van der Waals surface area contributed by atoms with Gasteiger partial charge in [-0.05, 0) is 31.5 Å². The van der Waals surface area contributed by atoms with E-state index in [2.05, 4.69) is 10.0 Å².